The fourth-order valence-corrected chi connectivity index (χ4v) is 2.90. The van der Waals surface area contributed by atoms with E-state index in [1.165, 1.54) is 5.56 Å². The van der Waals surface area contributed by atoms with Gasteiger partial charge in [0.25, 0.3) is 0 Å². The van der Waals surface area contributed by atoms with Gasteiger partial charge in [0.05, 0.1) is 7.11 Å². The first kappa shape index (κ1) is 24.5. The van der Waals surface area contributed by atoms with Crippen molar-refractivity contribution in [3.63, 3.8) is 0 Å². The van der Waals surface area contributed by atoms with Crippen LogP contribution in [0.3, 0.4) is 0 Å². The Morgan fingerprint density at radius 1 is 0.839 bits per heavy atom. The van der Waals surface area contributed by atoms with E-state index in [9.17, 15) is 0 Å². The summed E-state index contributed by atoms with van der Waals surface area (Å²) in [5.74, 6) is 3.20. The molecule has 0 saturated carbocycles. The summed E-state index contributed by atoms with van der Waals surface area (Å²) in [6, 6.07) is 21.6. The quantitative estimate of drug-likeness (QED) is 0.242. The third kappa shape index (κ3) is 8.45. The van der Waals surface area contributed by atoms with Crippen molar-refractivity contribution in [2.75, 3.05) is 27.2 Å². The van der Waals surface area contributed by atoms with Crippen LogP contribution in [0, 0.1) is 0 Å². The van der Waals surface area contributed by atoms with Gasteiger partial charge in [-0.25, -0.2) is 0 Å². The molecule has 0 saturated heterocycles. The molecule has 6 nitrogen and oxygen atoms in total. The predicted molar refractivity (Wildman–Crippen MR) is 136 cm³/mol. The second-order valence-electron chi connectivity index (χ2n) is 6.67. The highest BCUT2D eigenvalue weighted by Gasteiger charge is 2.01. The molecule has 3 rings (SSSR count). The molecule has 2 aromatic carbocycles. The van der Waals surface area contributed by atoms with Crippen molar-refractivity contribution in [1.82, 2.24) is 15.6 Å². The fraction of sp³-hybridized carbons (Fsp3) is 0.250. The van der Waals surface area contributed by atoms with E-state index in [-0.39, 0.29) is 24.0 Å². The van der Waals surface area contributed by atoms with Crippen LogP contribution in [-0.4, -0.2) is 38.2 Å². The zero-order valence-electron chi connectivity index (χ0n) is 17.9. The summed E-state index contributed by atoms with van der Waals surface area (Å²) in [4.78, 5) is 8.60. The first-order valence-corrected chi connectivity index (χ1v) is 10.0. The van der Waals surface area contributed by atoms with Crippen LogP contribution in [0.15, 0.2) is 77.9 Å². The Kier molecular flexibility index (Phi) is 10.6. The van der Waals surface area contributed by atoms with E-state index in [0.717, 1.165) is 54.8 Å². The highest BCUT2D eigenvalue weighted by molar-refractivity contribution is 14.0. The average Bonchev–Trinajstić information content (AvgIpc) is 2.80. The van der Waals surface area contributed by atoms with E-state index >= 15 is 0 Å². The maximum absolute atomic E-state index is 5.87. The molecule has 3 aromatic rings. The lowest BCUT2D eigenvalue weighted by Gasteiger charge is -2.12. The molecule has 0 aliphatic heterocycles. The Morgan fingerprint density at radius 3 is 2.03 bits per heavy atom. The van der Waals surface area contributed by atoms with Crippen LogP contribution in [-0.2, 0) is 12.8 Å². The first-order chi connectivity index (χ1) is 14.8. The van der Waals surface area contributed by atoms with E-state index in [1.807, 2.05) is 60.8 Å². The van der Waals surface area contributed by atoms with E-state index < -0.39 is 0 Å². The molecule has 0 amide bonds. The number of benzene rings is 2. The molecule has 2 N–H and O–H groups in total. The molecule has 164 valence electrons. The molecule has 31 heavy (non-hydrogen) atoms. The van der Waals surface area contributed by atoms with Crippen molar-refractivity contribution in [2.24, 2.45) is 4.99 Å². The summed E-state index contributed by atoms with van der Waals surface area (Å²) in [6.07, 6.45) is 3.57. The molecule has 0 unspecified atom stereocenters. The standard InChI is InChI=1S/C24H28N4O2.HI/c1-25-24(28-18-15-20-5-3-4-16-26-20)27-17-14-19-6-8-22(9-7-19)30-23-12-10-21(29-2)11-13-23;/h3-13,16H,14-15,17-18H2,1-2H3,(H2,25,27,28);1H. The van der Waals surface area contributed by atoms with Crippen LogP contribution in [0.4, 0.5) is 0 Å². The maximum atomic E-state index is 5.87. The van der Waals surface area contributed by atoms with Crippen LogP contribution in [0.1, 0.15) is 11.3 Å². The van der Waals surface area contributed by atoms with E-state index in [2.05, 4.69) is 32.7 Å². The minimum atomic E-state index is 0. The van der Waals surface area contributed by atoms with E-state index in [4.69, 9.17) is 9.47 Å². The highest BCUT2D eigenvalue weighted by atomic mass is 127. The normalized spacial score (nSPS) is 10.7. The number of methoxy groups -OCH3 is 1. The summed E-state index contributed by atoms with van der Waals surface area (Å²) in [7, 11) is 3.43. The van der Waals surface area contributed by atoms with Crippen LogP contribution >= 0.6 is 24.0 Å². The molecule has 1 aromatic heterocycles. The number of hydrogen-bond donors (Lipinski definition) is 2. The van der Waals surface area contributed by atoms with Crippen LogP contribution in [0.2, 0.25) is 0 Å². The molecule has 0 radical (unpaired) electrons. The van der Waals surface area contributed by atoms with Crippen molar-refractivity contribution in [2.45, 2.75) is 12.8 Å². The Morgan fingerprint density at radius 2 is 1.45 bits per heavy atom. The molecular weight excluding hydrogens is 503 g/mol. The summed E-state index contributed by atoms with van der Waals surface area (Å²) >= 11 is 0. The van der Waals surface area contributed by atoms with Gasteiger partial charge in [0.1, 0.15) is 17.2 Å². The second kappa shape index (κ2) is 13.5. The Bertz CT molecular complexity index is 917. The predicted octanol–water partition coefficient (Wildman–Crippen LogP) is 4.45. The van der Waals surface area contributed by atoms with Gasteiger partial charge in [-0.05, 0) is 60.5 Å². The SMILES string of the molecule is CN=C(NCCc1ccc(Oc2ccc(OC)cc2)cc1)NCCc1ccccn1.I. The molecule has 0 atom stereocenters. The van der Waals surface area contributed by atoms with Crippen molar-refractivity contribution in [3.05, 3.63) is 84.2 Å². The van der Waals surface area contributed by atoms with Crippen molar-refractivity contribution < 1.29 is 9.47 Å². The lowest BCUT2D eigenvalue weighted by atomic mass is 10.1. The topological polar surface area (TPSA) is 67.8 Å². The molecule has 0 aliphatic rings. The Labute approximate surface area is 201 Å². The highest BCUT2D eigenvalue weighted by Crippen LogP contribution is 2.24. The zero-order chi connectivity index (χ0) is 21.0. The van der Waals surface area contributed by atoms with Gasteiger partial charge in [-0.1, -0.05) is 18.2 Å². The smallest absolute Gasteiger partial charge is 0.190 e. The van der Waals surface area contributed by atoms with Crippen molar-refractivity contribution in [1.29, 1.82) is 0 Å². The van der Waals surface area contributed by atoms with Gasteiger partial charge in [-0.3, -0.25) is 9.98 Å². The molecule has 7 heteroatoms. The number of aliphatic imine (C=N–C) groups is 1. The molecule has 0 fully saturated rings. The van der Waals surface area contributed by atoms with Crippen molar-refractivity contribution >= 4 is 29.9 Å². The second-order valence-corrected chi connectivity index (χ2v) is 6.67. The monoisotopic (exact) mass is 532 g/mol. The van der Waals surface area contributed by atoms with Crippen LogP contribution in [0.25, 0.3) is 0 Å². The van der Waals surface area contributed by atoms with Gasteiger partial charge in [0.2, 0.25) is 0 Å². The largest absolute Gasteiger partial charge is 0.497 e. The summed E-state index contributed by atoms with van der Waals surface area (Å²) in [5, 5.41) is 6.66. The van der Waals surface area contributed by atoms with Gasteiger partial charge in [-0.15, -0.1) is 24.0 Å². The van der Waals surface area contributed by atoms with E-state index in [0.29, 0.717) is 0 Å². The number of hydrogen-bond acceptors (Lipinski definition) is 4. The van der Waals surface area contributed by atoms with Gasteiger partial charge in [0.15, 0.2) is 5.96 Å². The third-order valence-corrected chi connectivity index (χ3v) is 4.55. The third-order valence-electron chi connectivity index (χ3n) is 4.55. The van der Waals surface area contributed by atoms with Crippen LogP contribution < -0.4 is 20.1 Å². The van der Waals surface area contributed by atoms with Gasteiger partial charge >= 0.3 is 0 Å². The number of pyridine rings is 1. The number of aromatic nitrogens is 1. The molecule has 0 bridgehead atoms. The zero-order valence-corrected chi connectivity index (χ0v) is 20.2. The number of rotatable bonds is 9. The lowest BCUT2D eigenvalue weighted by Crippen LogP contribution is -2.39. The van der Waals surface area contributed by atoms with E-state index in [1.54, 1.807) is 14.2 Å². The number of nitrogens with one attached hydrogen (secondary N) is 2. The maximum Gasteiger partial charge on any atom is 0.190 e. The minimum Gasteiger partial charge on any atom is -0.497 e. The average molecular weight is 532 g/mol. The number of guanidine groups is 1. The molecule has 1 heterocycles. The van der Waals surface area contributed by atoms with Crippen LogP contribution in [0.5, 0.6) is 17.2 Å². The summed E-state index contributed by atoms with van der Waals surface area (Å²) in [5.41, 5.74) is 2.30. The Hall–Kier alpha value is -2.81. The molecule has 0 aliphatic carbocycles. The first-order valence-electron chi connectivity index (χ1n) is 10.0. The minimum absolute atomic E-state index is 0. The van der Waals surface area contributed by atoms with Gasteiger partial charge in [-0.2, -0.15) is 0 Å². The number of ether oxygens (including phenoxy) is 2. The van der Waals surface area contributed by atoms with Gasteiger partial charge in [0, 0.05) is 38.4 Å². The Balaban J connectivity index is 0.00000341. The lowest BCUT2D eigenvalue weighted by molar-refractivity contribution is 0.413. The number of halogens is 1. The fourth-order valence-electron chi connectivity index (χ4n) is 2.90. The summed E-state index contributed by atoms with van der Waals surface area (Å²) in [6.45, 7) is 1.58. The molecular formula is C24H29IN4O2. The molecule has 0 spiro atoms. The van der Waals surface area contributed by atoms with Crippen molar-refractivity contribution in [3.8, 4) is 17.2 Å². The van der Waals surface area contributed by atoms with Gasteiger partial charge < -0.3 is 20.1 Å². The summed E-state index contributed by atoms with van der Waals surface area (Å²) < 4.78 is 11.0. The number of nitrogens with zero attached hydrogens (tertiary/aromatic N) is 2.